The van der Waals surface area contributed by atoms with Crippen LogP contribution in [0.15, 0.2) is 41.8 Å². The second-order valence-electron chi connectivity index (χ2n) is 5.48. The molecule has 0 aliphatic carbocycles. The summed E-state index contributed by atoms with van der Waals surface area (Å²) < 4.78 is 5.45. The van der Waals surface area contributed by atoms with Crippen molar-refractivity contribution in [1.29, 1.82) is 0 Å². The first-order chi connectivity index (χ1) is 12.6. The highest BCUT2D eigenvalue weighted by molar-refractivity contribution is 7.12. The van der Waals surface area contributed by atoms with Crippen LogP contribution in [0.1, 0.15) is 35.9 Å². The second-order valence-corrected chi connectivity index (χ2v) is 6.43. The molecule has 2 rings (SSSR count). The van der Waals surface area contributed by atoms with Gasteiger partial charge in [-0.15, -0.1) is 11.3 Å². The van der Waals surface area contributed by atoms with Gasteiger partial charge in [-0.25, -0.2) is 0 Å². The molecule has 1 aromatic carbocycles. The van der Waals surface area contributed by atoms with E-state index in [0.29, 0.717) is 22.9 Å². The molecule has 0 atom stereocenters. The summed E-state index contributed by atoms with van der Waals surface area (Å²) in [5.74, 6) is 0.115. The average Bonchev–Trinajstić information content (AvgIpc) is 3.16. The van der Waals surface area contributed by atoms with E-state index in [1.54, 1.807) is 24.3 Å². The van der Waals surface area contributed by atoms with Crippen LogP contribution in [-0.4, -0.2) is 30.7 Å². The van der Waals surface area contributed by atoms with Crippen molar-refractivity contribution < 1.29 is 19.1 Å². The van der Waals surface area contributed by atoms with E-state index in [-0.39, 0.29) is 43.4 Å². The number of Topliss-reactive ketones (excluding diaryl/α,β-unsaturated/α-hetero) is 1. The Bertz CT molecular complexity index is 744. The van der Waals surface area contributed by atoms with Crippen LogP contribution < -0.4 is 15.4 Å². The zero-order valence-corrected chi connectivity index (χ0v) is 15.4. The van der Waals surface area contributed by atoms with Gasteiger partial charge < -0.3 is 15.4 Å². The lowest BCUT2D eigenvalue weighted by Gasteiger charge is -2.11. The predicted octanol–water partition coefficient (Wildman–Crippen LogP) is 3.25. The molecule has 0 saturated heterocycles. The molecule has 138 valence electrons. The molecule has 26 heavy (non-hydrogen) atoms. The van der Waals surface area contributed by atoms with E-state index in [0.717, 1.165) is 0 Å². The van der Waals surface area contributed by atoms with E-state index in [1.807, 2.05) is 24.4 Å². The molecule has 0 radical (unpaired) electrons. The third-order valence-electron chi connectivity index (χ3n) is 3.51. The summed E-state index contributed by atoms with van der Waals surface area (Å²) in [7, 11) is 0. The first-order valence-electron chi connectivity index (χ1n) is 8.45. The lowest BCUT2D eigenvalue weighted by atomic mass is 10.2. The normalized spacial score (nSPS) is 10.2. The third kappa shape index (κ3) is 6.33. The Hall–Kier alpha value is -2.67. The molecule has 0 unspecified atom stereocenters. The lowest BCUT2D eigenvalue weighted by molar-refractivity contribution is -0.121. The van der Waals surface area contributed by atoms with Gasteiger partial charge in [0.05, 0.1) is 17.2 Å². The van der Waals surface area contributed by atoms with E-state index in [9.17, 15) is 14.4 Å². The Kier molecular flexibility index (Phi) is 7.82. The second kappa shape index (κ2) is 10.4. The van der Waals surface area contributed by atoms with Crippen molar-refractivity contribution in [1.82, 2.24) is 5.32 Å². The van der Waals surface area contributed by atoms with Crippen molar-refractivity contribution in [3.8, 4) is 5.75 Å². The van der Waals surface area contributed by atoms with Crippen LogP contribution in [0.3, 0.4) is 0 Å². The van der Waals surface area contributed by atoms with Crippen molar-refractivity contribution >= 4 is 34.6 Å². The number of thiophene rings is 1. The molecule has 0 fully saturated rings. The van der Waals surface area contributed by atoms with Crippen LogP contribution in [0.4, 0.5) is 5.69 Å². The molecule has 6 nitrogen and oxygen atoms in total. The number of rotatable bonds is 10. The number of ketones is 1. The zero-order valence-electron chi connectivity index (χ0n) is 14.6. The van der Waals surface area contributed by atoms with Gasteiger partial charge in [0.15, 0.2) is 5.78 Å². The number of carbonyl (C=O) groups excluding carboxylic acids is 3. The quantitative estimate of drug-likeness (QED) is 0.625. The Morgan fingerprint density at radius 1 is 1.00 bits per heavy atom. The van der Waals surface area contributed by atoms with Crippen molar-refractivity contribution in [3.05, 3.63) is 46.7 Å². The minimum absolute atomic E-state index is 0.0413. The number of hydrogen-bond acceptors (Lipinski definition) is 5. The summed E-state index contributed by atoms with van der Waals surface area (Å²) >= 11 is 1.37. The molecular weight excluding hydrogens is 352 g/mol. The fourth-order valence-corrected chi connectivity index (χ4v) is 2.95. The lowest BCUT2D eigenvalue weighted by Crippen LogP contribution is -2.28. The van der Waals surface area contributed by atoms with Gasteiger partial charge >= 0.3 is 0 Å². The maximum absolute atomic E-state index is 12.0. The van der Waals surface area contributed by atoms with Crippen LogP contribution >= 0.6 is 11.3 Å². The topological polar surface area (TPSA) is 84.5 Å². The van der Waals surface area contributed by atoms with Crippen molar-refractivity contribution in [2.24, 2.45) is 0 Å². The molecule has 0 spiro atoms. The van der Waals surface area contributed by atoms with Gasteiger partial charge in [0, 0.05) is 25.8 Å². The Balaban J connectivity index is 1.68. The van der Waals surface area contributed by atoms with E-state index in [2.05, 4.69) is 10.6 Å². The summed E-state index contributed by atoms with van der Waals surface area (Å²) in [6.07, 6.45) is 0.427. The molecule has 1 aromatic heterocycles. The molecule has 2 aromatic rings. The minimum atomic E-state index is -0.238. The van der Waals surface area contributed by atoms with Gasteiger partial charge in [-0.3, -0.25) is 14.4 Å². The highest BCUT2D eigenvalue weighted by Gasteiger charge is 2.11. The number of benzene rings is 1. The van der Waals surface area contributed by atoms with Gasteiger partial charge in [0.2, 0.25) is 11.8 Å². The molecule has 0 bridgehead atoms. The monoisotopic (exact) mass is 374 g/mol. The molecule has 0 saturated carbocycles. The molecule has 1 heterocycles. The standard InChI is InChI=1S/C19H22N2O4S/c1-2-25-16-7-4-3-6-14(16)21-19(24)11-12-20-18(23)10-9-15(22)17-8-5-13-26-17/h3-8,13H,2,9-12H2,1H3,(H,20,23)(H,21,24). The van der Waals surface area contributed by atoms with E-state index >= 15 is 0 Å². The smallest absolute Gasteiger partial charge is 0.226 e. The Labute approximate surface area is 156 Å². The summed E-state index contributed by atoms with van der Waals surface area (Å²) in [6.45, 7) is 2.60. The number of ether oxygens (including phenoxy) is 1. The van der Waals surface area contributed by atoms with Gasteiger partial charge in [-0.2, -0.15) is 0 Å². The van der Waals surface area contributed by atoms with Crippen LogP contribution in [0.25, 0.3) is 0 Å². The SMILES string of the molecule is CCOc1ccccc1NC(=O)CCNC(=O)CCC(=O)c1cccs1. The fraction of sp³-hybridized carbons (Fsp3) is 0.316. The number of para-hydroxylation sites is 2. The van der Waals surface area contributed by atoms with Crippen LogP contribution in [-0.2, 0) is 9.59 Å². The maximum atomic E-state index is 12.0. The fourth-order valence-electron chi connectivity index (χ4n) is 2.26. The first-order valence-corrected chi connectivity index (χ1v) is 9.33. The van der Waals surface area contributed by atoms with E-state index in [1.165, 1.54) is 11.3 Å². The number of hydrogen-bond donors (Lipinski definition) is 2. The minimum Gasteiger partial charge on any atom is -0.492 e. The van der Waals surface area contributed by atoms with Crippen LogP contribution in [0.5, 0.6) is 5.75 Å². The van der Waals surface area contributed by atoms with E-state index < -0.39 is 0 Å². The van der Waals surface area contributed by atoms with Crippen molar-refractivity contribution in [2.75, 3.05) is 18.5 Å². The van der Waals surface area contributed by atoms with Crippen molar-refractivity contribution in [3.63, 3.8) is 0 Å². The molecule has 2 N–H and O–H groups in total. The Morgan fingerprint density at radius 2 is 1.81 bits per heavy atom. The first kappa shape index (κ1) is 19.7. The molecule has 0 aliphatic rings. The highest BCUT2D eigenvalue weighted by Crippen LogP contribution is 2.23. The molecular formula is C19H22N2O4S. The summed E-state index contributed by atoms with van der Waals surface area (Å²) in [5.41, 5.74) is 0.604. The highest BCUT2D eigenvalue weighted by atomic mass is 32.1. The summed E-state index contributed by atoms with van der Waals surface area (Å²) in [4.78, 5) is 36.3. The molecule has 2 amide bonds. The van der Waals surface area contributed by atoms with Crippen LogP contribution in [0.2, 0.25) is 0 Å². The predicted molar refractivity (Wildman–Crippen MR) is 102 cm³/mol. The van der Waals surface area contributed by atoms with E-state index in [4.69, 9.17) is 4.74 Å². The third-order valence-corrected chi connectivity index (χ3v) is 4.42. The number of amides is 2. The number of carbonyl (C=O) groups is 3. The van der Waals surface area contributed by atoms with Crippen LogP contribution in [0, 0.1) is 0 Å². The van der Waals surface area contributed by atoms with Gasteiger partial charge in [0.25, 0.3) is 0 Å². The summed E-state index contributed by atoms with van der Waals surface area (Å²) in [6, 6.07) is 10.7. The number of nitrogens with one attached hydrogen (secondary N) is 2. The largest absolute Gasteiger partial charge is 0.492 e. The molecule has 7 heteroatoms. The van der Waals surface area contributed by atoms with Gasteiger partial charge in [-0.05, 0) is 30.5 Å². The Morgan fingerprint density at radius 3 is 2.54 bits per heavy atom. The van der Waals surface area contributed by atoms with Gasteiger partial charge in [0.1, 0.15) is 5.75 Å². The summed E-state index contributed by atoms with van der Waals surface area (Å²) in [5, 5.41) is 7.26. The maximum Gasteiger partial charge on any atom is 0.226 e. The molecule has 0 aliphatic heterocycles. The average molecular weight is 374 g/mol. The zero-order chi connectivity index (χ0) is 18.8. The number of anilines is 1. The van der Waals surface area contributed by atoms with Crippen molar-refractivity contribution in [2.45, 2.75) is 26.2 Å². The van der Waals surface area contributed by atoms with Gasteiger partial charge in [-0.1, -0.05) is 18.2 Å².